The number of ether oxygens (including phenoxy) is 2. The fourth-order valence-corrected chi connectivity index (χ4v) is 2.06. The third kappa shape index (κ3) is 1.48. The molecule has 0 saturated carbocycles. The molecular formula is C13H15NO3. The first-order valence-corrected chi connectivity index (χ1v) is 5.28. The maximum Gasteiger partial charge on any atom is 0.238 e. The molecule has 0 aromatic heterocycles. The molecule has 1 aliphatic heterocycles. The molecule has 0 bridgehead atoms. The highest BCUT2D eigenvalue weighted by molar-refractivity contribution is 6.08. The maximum atomic E-state index is 12.0. The molecule has 4 nitrogen and oxygen atoms in total. The summed E-state index contributed by atoms with van der Waals surface area (Å²) in [5.41, 5.74) is 0.766. The van der Waals surface area contributed by atoms with Gasteiger partial charge in [0.15, 0.2) is 0 Å². The molecule has 1 aromatic carbocycles. The highest BCUT2D eigenvalue weighted by Gasteiger charge is 2.43. The van der Waals surface area contributed by atoms with Crippen LogP contribution in [0.3, 0.4) is 0 Å². The van der Waals surface area contributed by atoms with Gasteiger partial charge in [0.25, 0.3) is 0 Å². The average Bonchev–Trinajstić information content (AvgIpc) is 2.61. The number of hydrogen-bond acceptors (Lipinski definition) is 3. The quantitative estimate of drug-likeness (QED) is 0.813. The molecule has 0 saturated heterocycles. The fourth-order valence-electron chi connectivity index (χ4n) is 2.06. The topological polar surface area (TPSA) is 47.6 Å². The van der Waals surface area contributed by atoms with E-state index in [9.17, 15) is 4.79 Å². The summed E-state index contributed by atoms with van der Waals surface area (Å²) in [5, 5.41) is 2.82. The first-order chi connectivity index (χ1) is 8.06. The Morgan fingerprint density at radius 1 is 1.35 bits per heavy atom. The number of anilines is 1. The van der Waals surface area contributed by atoms with Crippen LogP contribution in [0.4, 0.5) is 5.69 Å². The molecule has 0 spiro atoms. The summed E-state index contributed by atoms with van der Waals surface area (Å²) >= 11 is 0. The molecule has 0 aliphatic carbocycles. The zero-order chi connectivity index (χ0) is 12.6. The lowest BCUT2D eigenvalue weighted by Crippen LogP contribution is -2.28. The molecule has 0 radical (unpaired) electrons. The normalized spacial score (nSPS) is 21.7. The van der Waals surface area contributed by atoms with Gasteiger partial charge in [-0.2, -0.15) is 0 Å². The summed E-state index contributed by atoms with van der Waals surface area (Å²) in [6, 6.07) is 3.55. The Kier molecular flexibility index (Phi) is 2.58. The minimum Gasteiger partial charge on any atom is -0.497 e. The molecule has 2 rings (SSSR count). The van der Waals surface area contributed by atoms with Crippen LogP contribution in [0.1, 0.15) is 12.5 Å². The summed E-state index contributed by atoms with van der Waals surface area (Å²) in [4.78, 5) is 12.0. The first kappa shape index (κ1) is 11.5. The minimum absolute atomic E-state index is 0.103. The molecule has 1 N–H and O–H groups in total. The monoisotopic (exact) mass is 233 g/mol. The molecule has 17 heavy (non-hydrogen) atoms. The van der Waals surface area contributed by atoms with Crippen molar-refractivity contribution in [2.45, 2.75) is 12.3 Å². The summed E-state index contributed by atoms with van der Waals surface area (Å²) in [6.45, 7) is 5.55. The van der Waals surface area contributed by atoms with Gasteiger partial charge in [-0.25, -0.2) is 0 Å². The minimum atomic E-state index is -0.757. The SMILES string of the molecule is C=C[C@]1(C)C(=O)Nc2cc(OC)cc(OC)c21. The zero-order valence-electron chi connectivity index (χ0n) is 10.2. The Labute approximate surface area is 100 Å². The molecule has 4 heteroatoms. The number of methoxy groups -OCH3 is 2. The van der Waals surface area contributed by atoms with Crippen molar-refractivity contribution in [3.63, 3.8) is 0 Å². The fraction of sp³-hybridized carbons (Fsp3) is 0.308. The molecule has 1 aromatic rings. The largest absolute Gasteiger partial charge is 0.497 e. The molecule has 90 valence electrons. The van der Waals surface area contributed by atoms with Crippen molar-refractivity contribution in [1.82, 2.24) is 0 Å². The number of benzene rings is 1. The summed E-state index contributed by atoms with van der Waals surface area (Å²) in [5.74, 6) is 1.17. The van der Waals surface area contributed by atoms with E-state index in [0.29, 0.717) is 17.2 Å². The third-order valence-electron chi connectivity index (χ3n) is 3.18. The molecule has 0 fully saturated rings. The number of carbonyl (C=O) groups excluding carboxylic acids is 1. The second-order valence-electron chi connectivity index (χ2n) is 4.11. The van der Waals surface area contributed by atoms with Gasteiger partial charge in [0.1, 0.15) is 11.5 Å². The average molecular weight is 233 g/mol. The first-order valence-electron chi connectivity index (χ1n) is 5.28. The Morgan fingerprint density at radius 3 is 2.59 bits per heavy atom. The van der Waals surface area contributed by atoms with Crippen LogP contribution in [0, 0.1) is 0 Å². The third-order valence-corrected chi connectivity index (χ3v) is 3.18. The van der Waals surface area contributed by atoms with Crippen molar-refractivity contribution >= 4 is 11.6 Å². The second-order valence-corrected chi connectivity index (χ2v) is 4.11. The van der Waals surface area contributed by atoms with Crippen molar-refractivity contribution < 1.29 is 14.3 Å². The van der Waals surface area contributed by atoms with Crippen LogP contribution in [0.5, 0.6) is 11.5 Å². The molecule has 1 atom stereocenters. The lowest BCUT2D eigenvalue weighted by atomic mass is 9.83. The Morgan fingerprint density at radius 2 is 2.06 bits per heavy atom. The van der Waals surface area contributed by atoms with Gasteiger partial charge >= 0.3 is 0 Å². The van der Waals surface area contributed by atoms with Gasteiger partial charge in [0, 0.05) is 17.7 Å². The molecule has 1 heterocycles. The van der Waals surface area contributed by atoms with E-state index >= 15 is 0 Å². The van der Waals surface area contributed by atoms with E-state index in [0.717, 1.165) is 5.56 Å². The van der Waals surface area contributed by atoms with Crippen molar-refractivity contribution in [1.29, 1.82) is 0 Å². The number of rotatable bonds is 3. The summed E-state index contributed by atoms with van der Waals surface area (Å²) in [6.07, 6.45) is 1.63. The number of carbonyl (C=O) groups is 1. The van der Waals surface area contributed by atoms with Crippen LogP contribution in [-0.4, -0.2) is 20.1 Å². The Balaban J connectivity index is 2.70. The van der Waals surface area contributed by atoms with Gasteiger partial charge in [0.2, 0.25) is 5.91 Å². The van der Waals surface area contributed by atoms with E-state index in [2.05, 4.69) is 11.9 Å². The van der Waals surface area contributed by atoms with Crippen molar-refractivity contribution in [3.8, 4) is 11.5 Å². The smallest absolute Gasteiger partial charge is 0.238 e. The predicted molar refractivity (Wildman–Crippen MR) is 65.7 cm³/mol. The number of amides is 1. The van der Waals surface area contributed by atoms with Gasteiger partial charge in [-0.3, -0.25) is 4.79 Å². The van der Waals surface area contributed by atoms with Gasteiger partial charge in [0.05, 0.1) is 25.3 Å². The van der Waals surface area contributed by atoms with E-state index in [1.807, 2.05) is 6.92 Å². The van der Waals surface area contributed by atoms with Crippen LogP contribution in [0.25, 0.3) is 0 Å². The molecule has 1 amide bonds. The van der Waals surface area contributed by atoms with Crippen LogP contribution in [0.2, 0.25) is 0 Å². The maximum absolute atomic E-state index is 12.0. The lowest BCUT2D eigenvalue weighted by molar-refractivity contribution is -0.118. The van der Waals surface area contributed by atoms with Crippen LogP contribution < -0.4 is 14.8 Å². The summed E-state index contributed by atoms with van der Waals surface area (Å²) < 4.78 is 10.5. The van der Waals surface area contributed by atoms with Gasteiger partial charge < -0.3 is 14.8 Å². The van der Waals surface area contributed by atoms with Crippen LogP contribution >= 0.6 is 0 Å². The number of fused-ring (bicyclic) bond motifs is 1. The van der Waals surface area contributed by atoms with E-state index in [1.165, 1.54) is 0 Å². The van der Waals surface area contributed by atoms with Crippen molar-refractivity contribution in [2.75, 3.05) is 19.5 Å². The Bertz CT molecular complexity index is 496. The second kappa shape index (κ2) is 3.80. The lowest BCUT2D eigenvalue weighted by Gasteiger charge is -2.19. The predicted octanol–water partition coefficient (Wildman–Crippen LogP) is 2.10. The Hall–Kier alpha value is -1.97. The highest BCUT2D eigenvalue weighted by Crippen LogP contribution is 2.46. The number of nitrogens with one attached hydrogen (secondary N) is 1. The van der Waals surface area contributed by atoms with Crippen LogP contribution in [-0.2, 0) is 10.2 Å². The molecule has 1 aliphatic rings. The highest BCUT2D eigenvalue weighted by atomic mass is 16.5. The molecular weight excluding hydrogens is 218 g/mol. The summed E-state index contributed by atoms with van der Waals surface area (Å²) in [7, 11) is 3.14. The van der Waals surface area contributed by atoms with Gasteiger partial charge in [-0.1, -0.05) is 6.08 Å². The van der Waals surface area contributed by atoms with E-state index in [1.54, 1.807) is 32.4 Å². The standard InChI is InChI=1S/C13H15NO3/c1-5-13(2)11-9(14-12(13)15)6-8(16-3)7-10(11)17-4/h5-7H,1H2,2-4H3,(H,14,15)/t13-/m0/s1. The van der Waals surface area contributed by atoms with Gasteiger partial charge in [-0.05, 0) is 6.92 Å². The van der Waals surface area contributed by atoms with Crippen molar-refractivity contribution in [3.05, 3.63) is 30.4 Å². The van der Waals surface area contributed by atoms with E-state index in [-0.39, 0.29) is 5.91 Å². The number of hydrogen-bond donors (Lipinski definition) is 1. The van der Waals surface area contributed by atoms with E-state index in [4.69, 9.17) is 9.47 Å². The van der Waals surface area contributed by atoms with Crippen molar-refractivity contribution in [2.24, 2.45) is 0 Å². The molecule has 0 unspecified atom stereocenters. The van der Waals surface area contributed by atoms with Crippen LogP contribution in [0.15, 0.2) is 24.8 Å². The van der Waals surface area contributed by atoms with E-state index < -0.39 is 5.41 Å². The zero-order valence-corrected chi connectivity index (χ0v) is 10.2. The van der Waals surface area contributed by atoms with Gasteiger partial charge in [-0.15, -0.1) is 6.58 Å².